The molecule has 0 radical (unpaired) electrons. The second kappa shape index (κ2) is 7.47. The van der Waals surface area contributed by atoms with Crippen molar-refractivity contribution < 1.29 is 22.7 Å². The normalized spacial score (nSPS) is 24.9. The summed E-state index contributed by atoms with van der Waals surface area (Å²) < 4.78 is 53.4. The van der Waals surface area contributed by atoms with Crippen molar-refractivity contribution in [3.8, 4) is 0 Å². The number of likely N-dealkylation sites (tertiary alicyclic amines) is 1. The van der Waals surface area contributed by atoms with Gasteiger partial charge in [-0.15, -0.1) is 5.10 Å². The second-order valence-corrected chi connectivity index (χ2v) is 7.73. The summed E-state index contributed by atoms with van der Waals surface area (Å²) in [6.07, 6.45) is 0.664. The maximum Gasteiger partial charge on any atom is 0.401 e. The van der Waals surface area contributed by atoms with Gasteiger partial charge in [0, 0.05) is 24.7 Å². The lowest BCUT2D eigenvalue weighted by Gasteiger charge is -2.36. The van der Waals surface area contributed by atoms with Crippen LogP contribution < -0.4 is 5.32 Å². The Morgan fingerprint density at radius 2 is 1.96 bits per heavy atom. The molecule has 6 nitrogen and oxygen atoms in total. The highest BCUT2D eigenvalue weighted by Gasteiger charge is 2.36. The zero-order valence-corrected chi connectivity index (χ0v) is 15.3. The number of aliphatic hydroxyl groups is 1. The quantitative estimate of drug-likeness (QED) is 0.772. The number of aromatic nitrogens is 3. The first-order chi connectivity index (χ1) is 13.3. The lowest BCUT2D eigenvalue weighted by molar-refractivity contribution is -0.151. The highest BCUT2D eigenvalue weighted by molar-refractivity contribution is 5.50. The molecule has 0 unspecified atom stereocenters. The van der Waals surface area contributed by atoms with E-state index in [2.05, 4.69) is 15.4 Å². The van der Waals surface area contributed by atoms with E-state index in [4.69, 9.17) is 0 Å². The third kappa shape index (κ3) is 4.07. The van der Waals surface area contributed by atoms with Crippen LogP contribution in [0.3, 0.4) is 0 Å². The van der Waals surface area contributed by atoms with E-state index < -0.39 is 24.9 Å². The Labute approximate surface area is 159 Å². The number of β-amino-alcohol motifs (C(OH)–C–C–N with tert-alkyl or cyclic N) is 1. The molecule has 2 aliphatic rings. The summed E-state index contributed by atoms with van der Waals surface area (Å²) in [7, 11) is 0. The van der Waals surface area contributed by atoms with Crippen LogP contribution in [0.2, 0.25) is 0 Å². The minimum atomic E-state index is -4.29. The Hall–Kier alpha value is -1.94. The molecule has 2 atom stereocenters. The Kier molecular flexibility index (Phi) is 5.17. The van der Waals surface area contributed by atoms with E-state index in [0.717, 1.165) is 31.4 Å². The fourth-order valence-electron chi connectivity index (χ4n) is 4.28. The fraction of sp³-hybridized carbons (Fsp3) is 0.667. The van der Waals surface area contributed by atoms with E-state index in [9.17, 15) is 22.7 Å². The van der Waals surface area contributed by atoms with Gasteiger partial charge in [0.05, 0.1) is 24.9 Å². The van der Waals surface area contributed by atoms with Gasteiger partial charge in [-0.1, -0.05) is 12.8 Å². The fourth-order valence-corrected chi connectivity index (χ4v) is 4.28. The highest BCUT2D eigenvalue weighted by Crippen LogP contribution is 2.35. The average Bonchev–Trinajstić information content (AvgIpc) is 3.24. The van der Waals surface area contributed by atoms with E-state index in [1.165, 1.54) is 17.2 Å². The average molecular weight is 401 g/mol. The molecule has 4 rings (SSSR count). The number of anilines is 1. The molecule has 0 amide bonds. The van der Waals surface area contributed by atoms with Gasteiger partial charge in [0.2, 0.25) is 5.95 Å². The van der Waals surface area contributed by atoms with Crippen molar-refractivity contribution in [1.29, 1.82) is 0 Å². The SMILES string of the molecule is O[C@@H]1CN(CC(F)(F)F)CC[C@H]1Nc1ncc2c(F)cc(C3CCCC3)n2n1. The molecule has 28 heavy (non-hydrogen) atoms. The third-order valence-corrected chi connectivity index (χ3v) is 5.65. The van der Waals surface area contributed by atoms with Gasteiger partial charge in [-0.2, -0.15) is 13.2 Å². The molecule has 1 saturated carbocycles. The first kappa shape index (κ1) is 19.4. The van der Waals surface area contributed by atoms with Gasteiger partial charge in [-0.3, -0.25) is 4.90 Å². The summed E-state index contributed by atoms with van der Waals surface area (Å²) in [5.74, 6) is 0.126. The van der Waals surface area contributed by atoms with Gasteiger partial charge in [-0.05, 0) is 25.3 Å². The van der Waals surface area contributed by atoms with Crippen LogP contribution in [0.25, 0.3) is 5.52 Å². The highest BCUT2D eigenvalue weighted by atomic mass is 19.4. The van der Waals surface area contributed by atoms with Crippen LogP contribution in [0.15, 0.2) is 12.3 Å². The molecule has 1 aliphatic carbocycles. The first-order valence-electron chi connectivity index (χ1n) is 9.58. The van der Waals surface area contributed by atoms with Crippen molar-refractivity contribution in [3.05, 3.63) is 23.8 Å². The Bertz CT molecular complexity index is 833. The van der Waals surface area contributed by atoms with Crippen LogP contribution in [0.1, 0.15) is 43.7 Å². The number of hydrogen-bond acceptors (Lipinski definition) is 5. The Balaban J connectivity index is 1.48. The van der Waals surface area contributed by atoms with E-state index >= 15 is 0 Å². The molecule has 10 heteroatoms. The number of nitrogens with one attached hydrogen (secondary N) is 1. The number of nitrogens with zero attached hydrogens (tertiary/aromatic N) is 4. The van der Waals surface area contributed by atoms with Crippen molar-refractivity contribution in [2.24, 2.45) is 0 Å². The molecule has 1 saturated heterocycles. The van der Waals surface area contributed by atoms with Crippen LogP contribution in [-0.4, -0.2) is 62.6 Å². The summed E-state index contributed by atoms with van der Waals surface area (Å²) in [6.45, 7) is -0.903. The molecule has 0 spiro atoms. The molecule has 0 bridgehead atoms. The summed E-state index contributed by atoms with van der Waals surface area (Å²) in [4.78, 5) is 5.31. The molecule has 2 N–H and O–H groups in total. The largest absolute Gasteiger partial charge is 0.401 e. The van der Waals surface area contributed by atoms with Crippen LogP contribution in [0.4, 0.5) is 23.5 Å². The second-order valence-electron chi connectivity index (χ2n) is 7.73. The van der Waals surface area contributed by atoms with Crippen molar-refractivity contribution in [2.45, 2.75) is 56.3 Å². The van der Waals surface area contributed by atoms with E-state index in [1.54, 1.807) is 4.52 Å². The topological polar surface area (TPSA) is 65.7 Å². The number of alkyl halides is 3. The zero-order chi connectivity index (χ0) is 19.9. The number of hydrogen-bond donors (Lipinski definition) is 2. The third-order valence-electron chi connectivity index (χ3n) is 5.65. The summed E-state index contributed by atoms with van der Waals surface area (Å²) >= 11 is 0. The summed E-state index contributed by atoms with van der Waals surface area (Å²) in [6, 6.07) is 1.05. The summed E-state index contributed by atoms with van der Waals surface area (Å²) in [5, 5.41) is 17.7. The Morgan fingerprint density at radius 3 is 2.64 bits per heavy atom. The number of halogens is 4. The predicted molar refractivity (Wildman–Crippen MR) is 94.7 cm³/mol. The maximum absolute atomic E-state index is 14.2. The molecule has 2 aromatic rings. The molecule has 154 valence electrons. The molecule has 1 aliphatic heterocycles. The number of rotatable bonds is 4. The Morgan fingerprint density at radius 1 is 1.21 bits per heavy atom. The first-order valence-corrected chi connectivity index (χ1v) is 9.58. The van der Waals surface area contributed by atoms with Crippen molar-refractivity contribution in [1.82, 2.24) is 19.5 Å². The maximum atomic E-state index is 14.2. The van der Waals surface area contributed by atoms with Crippen molar-refractivity contribution in [3.63, 3.8) is 0 Å². The van der Waals surface area contributed by atoms with Crippen LogP contribution in [0, 0.1) is 5.82 Å². The minimum Gasteiger partial charge on any atom is -0.390 e. The monoisotopic (exact) mass is 401 g/mol. The standard InChI is InChI=1S/C18H23F4N5O/c19-12-7-14(11-3-1-2-4-11)27-15(12)8-23-17(25-27)24-13-5-6-26(9-16(13)28)10-18(20,21)22/h7-8,11,13,16,28H,1-6,9-10H2,(H,24,25)/t13-,16-/m1/s1. The van der Waals surface area contributed by atoms with Gasteiger partial charge in [0.15, 0.2) is 5.82 Å². The lowest BCUT2D eigenvalue weighted by Crippen LogP contribution is -2.52. The van der Waals surface area contributed by atoms with Gasteiger partial charge in [0.25, 0.3) is 0 Å². The molecule has 2 fully saturated rings. The van der Waals surface area contributed by atoms with Gasteiger partial charge >= 0.3 is 6.18 Å². The van der Waals surface area contributed by atoms with Crippen LogP contribution in [0.5, 0.6) is 0 Å². The minimum absolute atomic E-state index is 0.0785. The van der Waals surface area contributed by atoms with E-state index in [0.29, 0.717) is 11.9 Å². The molecule has 2 aromatic heterocycles. The molecule has 3 heterocycles. The number of aliphatic hydroxyl groups excluding tert-OH is 1. The molecular weight excluding hydrogens is 378 g/mol. The smallest absolute Gasteiger partial charge is 0.390 e. The van der Waals surface area contributed by atoms with Crippen molar-refractivity contribution >= 4 is 11.5 Å². The van der Waals surface area contributed by atoms with E-state index in [-0.39, 0.29) is 30.8 Å². The van der Waals surface area contributed by atoms with Gasteiger partial charge in [0.1, 0.15) is 5.52 Å². The van der Waals surface area contributed by atoms with E-state index in [1.807, 2.05) is 0 Å². The zero-order valence-electron chi connectivity index (χ0n) is 15.3. The predicted octanol–water partition coefficient (Wildman–Crippen LogP) is 2.94. The number of fused-ring (bicyclic) bond motifs is 1. The lowest BCUT2D eigenvalue weighted by atomic mass is 10.0. The van der Waals surface area contributed by atoms with Gasteiger partial charge < -0.3 is 10.4 Å². The van der Waals surface area contributed by atoms with Crippen LogP contribution >= 0.6 is 0 Å². The summed E-state index contributed by atoms with van der Waals surface area (Å²) in [5.41, 5.74) is 1.11. The number of piperidine rings is 1. The van der Waals surface area contributed by atoms with Gasteiger partial charge in [-0.25, -0.2) is 13.9 Å². The van der Waals surface area contributed by atoms with Crippen LogP contribution in [-0.2, 0) is 0 Å². The molecule has 0 aromatic carbocycles. The van der Waals surface area contributed by atoms with Crippen molar-refractivity contribution in [2.75, 3.05) is 25.0 Å². The molecular formula is C18H23F4N5O.